The summed E-state index contributed by atoms with van der Waals surface area (Å²) in [6, 6.07) is 7.19. The Balaban J connectivity index is 0.00000242. The molecule has 22 heavy (non-hydrogen) atoms. The number of hydrogen-bond donors (Lipinski definition) is 2. The summed E-state index contributed by atoms with van der Waals surface area (Å²) in [6.07, 6.45) is 4.31. The van der Waals surface area contributed by atoms with Crippen molar-refractivity contribution in [1.82, 2.24) is 5.32 Å². The van der Waals surface area contributed by atoms with Crippen LogP contribution in [0.2, 0.25) is 0 Å². The summed E-state index contributed by atoms with van der Waals surface area (Å²) in [4.78, 5) is 23.4. The molecule has 0 saturated heterocycles. The Morgan fingerprint density at radius 1 is 1.23 bits per heavy atom. The molecular formula is C16H23ClN2O3. The van der Waals surface area contributed by atoms with Gasteiger partial charge >= 0.3 is 5.97 Å². The molecule has 0 heterocycles. The molecule has 1 aromatic rings. The van der Waals surface area contributed by atoms with Gasteiger partial charge in [-0.15, -0.1) is 12.4 Å². The van der Waals surface area contributed by atoms with Crippen LogP contribution in [0.25, 0.3) is 0 Å². The monoisotopic (exact) mass is 326 g/mol. The van der Waals surface area contributed by atoms with Crippen molar-refractivity contribution in [2.24, 2.45) is 5.73 Å². The molecule has 0 aliphatic heterocycles. The second-order valence-corrected chi connectivity index (χ2v) is 5.56. The number of rotatable bonds is 5. The van der Waals surface area contributed by atoms with E-state index < -0.39 is 5.54 Å². The van der Waals surface area contributed by atoms with Crippen molar-refractivity contribution in [3.05, 3.63) is 35.4 Å². The highest BCUT2D eigenvalue weighted by atomic mass is 35.5. The molecule has 3 N–H and O–H groups in total. The molecule has 1 aliphatic carbocycles. The first-order chi connectivity index (χ1) is 10.0. The molecule has 0 unspecified atom stereocenters. The average Bonchev–Trinajstić information content (AvgIpc) is 2.95. The highest BCUT2D eigenvalue weighted by Crippen LogP contribution is 2.27. The van der Waals surface area contributed by atoms with Gasteiger partial charge in [-0.2, -0.15) is 0 Å². The first-order valence-electron chi connectivity index (χ1n) is 7.29. The predicted octanol–water partition coefficient (Wildman–Crippen LogP) is 1.83. The Labute approximate surface area is 137 Å². The number of esters is 1. The smallest absolute Gasteiger partial charge is 0.337 e. The van der Waals surface area contributed by atoms with Gasteiger partial charge in [0.05, 0.1) is 18.2 Å². The maximum absolute atomic E-state index is 12.0. The Morgan fingerprint density at radius 2 is 1.82 bits per heavy atom. The molecular weight excluding hydrogens is 304 g/mol. The highest BCUT2D eigenvalue weighted by molar-refractivity contribution is 5.89. The van der Waals surface area contributed by atoms with E-state index in [0.29, 0.717) is 18.5 Å². The van der Waals surface area contributed by atoms with Crippen LogP contribution < -0.4 is 11.1 Å². The quantitative estimate of drug-likeness (QED) is 0.809. The summed E-state index contributed by atoms with van der Waals surface area (Å²) in [5.41, 5.74) is 7.00. The lowest BCUT2D eigenvalue weighted by molar-refractivity contribution is -0.126. The first kappa shape index (κ1) is 18.5. The molecule has 122 valence electrons. The summed E-state index contributed by atoms with van der Waals surface area (Å²) in [7, 11) is 1.36. The third-order valence-corrected chi connectivity index (χ3v) is 4.02. The molecule has 2 rings (SSSR count). The maximum Gasteiger partial charge on any atom is 0.337 e. The molecule has 1 amide bonds. The number of methoxy groups -OCH3 is 1. The van der Waals surface area contributed by atoms with Crippen molar-refractivity contribution < 1.29 is 14.3 Å². The minimum Gasteiger partial charge on any atom is -0.465 e. The summed E-state index contributed by atoms with van der Waals surface area (Å²) in [5, 5.41) is 2.91. The number of hydrogen-bond acceptors (Lipinski definition) is 4. The molecule has 1 aliphatic rings. The van der Waals surface area contributed by atoms with E-state index in [1.54, 1.807) is 12.1 Å². The molecule has 5 nitrogen and oxygen atoms in total. The Hall–Kier alpha value is -1.59. The molecule has 0 aromatic heterocycles. The zero-order chi connectivity index (χ0) is 15.3. The van der Waals surface area contributed by atoms with E-state index in [4.69, 9.17) is 5.73 Å². The number of benzene rings is 1. The van der Waals surface area contributed by atoms with Crippen LogP contribution in [0.1, 0.15) is 41.6 Å². The number of amides is 1. The van der Waals surface area contributed by atoms with Gasteiger partial charge in [0.15, 0.2) is 0 Å². The summed E-state index contributed by atoms with van der Waals surface area (Å²) in [6.45, 7) is 0.551. The molecule has 6 heteroatoms. The number of carbonyl (C=O) groups is 2. The van der Waals surface area contributed by atoms with Gasteiger partial charge in [0.25, 0.3) is 0 Å². The van der Waals surface area contributed by atoms with E-state index >= 15 is 0 Å². The lowest BCUT2D eigenvalue weighted by atomic mass is 9.98. The van der Waals surface area contributed by atoms with Gasteiger partial charge < -0.3 is 15.8 Å². The van der Waals surface area contributed by atoms with Gasteiger partial charge in [-0.3, -0.25) is 4.79 Å². The zero-order valence-electron chi connectivity index (χ0n) is 12.8. The Bertz CT molecular complexity index is 511. The lowest BCUT2D eigenvalue weighted by Crippen LogP contribution is -2.52. The van der Waals surface area contributed by atoms with Gasteiger partial charge in [-0.1, -0.05) is 25.0 Å². The van der Waals surface area contributed by atoms with E-state index in [1.807, 2.05) is 12.1 Å². The second-order valence-electron chi connectivity index (χ2n) is 5.56. The Morgan fingerprint density at radius 3 is 2.36 bits per heavy atom. The third kappa shape index (κ3) is 4.45. The number of nitrogens with one attached hydrogen (secondary N) is 1. The van der Waals surface area contributed by atoms with E-state index in [0.717, 1.165) is 31.2 Å². The van der Waals surface area contributed by atoms with Crippen molar-refractivity contribution in [2.75, 3.05) is 13.7 Å². The SMILES string of the molecule is COC(=O)c1ccc(CCNC(=O)C2(N)CCCC2)cc1.Cl. The van der Waals surface area contributed by atoms with Crippen molar-refractivity contribution in [2.45, 2.75) is 37.6 Å². The van der Waals surface area contributed by atoms with Gasteiger partial charge in [0.1, 0.15) is 0 Å². The maximum atomic E-state index is 12.0. The fraction of sp³-hybridized carbons (Fsp3) is 0.500. The average molecular weight is 327 g/mol. The van der Waals surface area contributed by atoms with Crippen LogP contribution in [0.4, 0.5) is 0 Å². The van der Waals surface area contributed by atoms with Crippen LogP contribution in [0.15, 0.2) is 24.3 Å². The number of halogens is 1. The minimum atomic E-state index is -0.672. The van der Waals surface area contributed by atoms with Crippen LogP contribution in [0, 0.1) is 0 Å². The third-order valence-electron chi connectivity index (χ3n) is 4.02. The van der Waals surface area contributed by atoms with E-state index in [2.05, 4.69) is 10.1 Å². The van der Waals surface area contributed by atoms with Crippen LogP contribution in [-0.4, -0.2) is 31.1 Å². The molecule has 0 spiro atoms. The number of nitrogens with two attached hydrogens (primary N) is 1. The van der Waals surface area contributed by atoms with Gasteiger partial charge in [0, 0.05) is 6.54 Å². The standard InChI is InChI=1S/C16H22N2O3.ClH/c1-21-14(19)13-6-4-12(5-7-13)8-11-18-15(20)16(17)9-2-3-10-16;/h4-7H,2-3,8-11,17H2,1H3,(H,18,20);1H. The lowest BCUT2D eigenvalue weighted by Gasteiger charge is -2.22. The molecule has 0 atom stereocenters. The fourth-order valence-corrected chi connectivity index (χ4v) is 2.65. The molecule has 1 aromatic carbocycles. The molecule has 0 bridgehead atoms. The summed E-state index contributed by atoms with van der Waals surface area (Å²) >= 11 is 0. The van der Waals surface area contributed by atoms with Crippen LogP contribution >= 0.6 is 12.4 Å². The summed E-state index contributed by atoms with van der Waals surface area (Å²) < 4.78 is 4.65. The van der Waals surface area contributed by atoms with Gasteiger partial charge in [-0.25, -0.2) is 4.79 Å². The Kier molecular flexibility index (Phi) is 6.84. The van der Waals surface area contributed by atoms with Crippen LogP contribution in [0.5, 0.6) is 0 Å². The largest absolute Gasteiger partial charge is 0.465 e. The van der Waals surface area contributed by atoms with Crippen LogP contribution in [-0.2, 0) is 16.0 Å². The van der Waals surface area contributed by atoms with E-state index in [-0.39, 0.29) is 24.3 Å². The van der Waals surface area contributed by atoms with Crippen molar-refractivity contribution >= 4 is 24.3 Å². The predicted molar refractivity (Wildman–Crippen MR) is 87.1 cm³/mol. The van der Waals surface area contributed by atoms with Crippen LogP contribution in [0.3, 0.4) is 0 Å². The van der Waals surface area contributed by atoms with E-state index in [1.165, 1.54) is 7.11 Å². The highest BCUT2D eigenvalue weighted by Gasteiger charge is 2.36. The first-order valence-corrected chi connectivity index (χ1v) is 7.29. The van der Waals surface area contributed by atoms with Gasteiger partial charge in [-0.05, 0) is 37.0 Å². The molecule has 1 fully saturated rings. The summed E-state index contributed by atoms with van der Waals surface area (Å²) in [5.74, 6) is -0.396. The van der Waals surface area contributed by atoms with Crippen molar-refractivity contribution in [3.63, 3.8) is 0 Å². The molecule has 1 saturated carbocycles. The minimum absolute atomic E-state index is 0. The fourth-order valence-electron chi connectivity index (χ4n) is 2.65. The topological polar surface area (TPSA) is 81.4 Å². The second kappa shape index (κ2) is 8.15. The van der Waals surface area contributed by atoms with Gasteiger partial charge in [0.2, 0.25) is 5.91 Å². The van der Waals surface area contributed by atoms with Crippen molar-refractivity contribution in [3.8, 4) is 0 Å². The normalized spacial score (nSPS) is 15.7. The van der Waals surface area contributed by atoms with Crippen molar-refractivity contribution in [1.29, 1.82) is 0 Å². The zero-order valence-corrected chi connectivity index (χ0v) is 13.6. The number of carbonyl (C=O) groups excluding carboxylic acids is 2. The molecule has 0 radical (unpaired) electrons. The number of ether oxygens (including phenoxy) is 1. The van der Waals surface area contributed by atoms with E-state index in [9.17, 15) is 9.59 Å².